The molecule has 2 nitrogen and oxygen atoms in total. The van der Waals surface area contributed by atoms with Crippen LogP contribution in [0.25, 0.3) is 0 Å². The Labute approximate surface area is 93.3 Å². The average Bonchev–Trinajstić information content (AvgIpc) is 2.56. The van der Waals surface area contributed by atoms with E-state index in [0.717, 1.165) is 5.69 Å². The van der Waals surface area contributed by atoms with Gasteiger partial charge in [-0.1, -0.05) is 24.6 Å². The summed E-state index contributed by atoms with van der Waals surface area (Å²) >= 11 is 3.62. The minimum absolute atomic E-state index is 0.373. The average molecular weight is 228 g/mol. The van der Waals surface area contributed by atoms with E-state index in [-0.39, 0.29) is 0 Å². The van der Waals surface area contributed by atoms with Crippen LogP contribution in [0.15, 0.2) is 9.72 Å². The van der Waals surface area contributed by atoms with E-state index in [1.54, 1.807) is 11.3 Å². The maximum atomic E-state index is 6.09. The zero-order chi connectivity index (χ0) is 9.97. The van der Waals surface area contributed by atoms with Crippen LogP contribution in [0, 0.1) is 6.92 Å². The second kappa shape index (κ2) is 4.64. The molecule has 0 amide bonds. The smallest absolute Gasteiger partial charge is 0.150 e. The summed E-state index contributed by atoms with van der Waals surface area (Å²) in [5, 5.41) is 2.70. The highest BCUT2D eigenvalue weighted by atomic mass is 32.2. The van der Waals surface area contributed by atoms with E-state index in [1.807, 2.05) is 18.7 Å². The van der Waals surface area contributed by atoms with Crippen LogP contribution in [0.5, 0.6) is 0 Å². The fourth-order valence-corrected chi connectivity index (χ4v) is 4.10. The van der Waals surface area contributed by atoms with Gasteiger partial charge in [-0.05, 0) is 19.8 Å². The predicted octanol–water partition coefficient (Wildman–Crippen LogP) is 2.81. The third kappa shape index (κ3) is 2.49. The van der Waals surface area contributed by atoms with Gasteiger partial charge in [-0.15, -0.1) is 11.3 Å². The van der Waals surface area contributed by atoms with Gasteiger partial charge in [-0.3, -0.25) is 0 Å². The summed E-state index contributed by atoms with van der Waals surface area (Å²) in [5.74, 6) is 0. The van der Waals surface area contributed by atoms with E-state index in [1.165, 1.54) is 30.0 Å². The Balaban J connectivity index is 1.95. The third-order valence-corrected chi connectivity index (χ3v) is 5.11. The molecule has 1 aromatic rings. The van der Waals surface area contributed by atoms with Gasteiger partial charge in [-0.2, -0.15) is 0 Å². The van der Waals surface area contributed by atoms with Gasteiger partial charge in [0.1, 0.15) is 4.34 Å². The fourth-order valence-electron chi connectivity index (χ4n) is 1.79. The molecule has 0 saturated heterocycles. The van der Waals surface area contributed by atoms with Gasteiger partial charge < -0.3 is 5.73 Å². The quantitative estimate of drug-likeness (QED) is 0.846. The summed E-state index contributed by atoms with van der Waals surface area (Å²) in [4.78, 5) is 4.47. The van der Waals surface area contributed by atoms with Gasteiger partial charge in [0.05, 0.1) is 0 Å². The number of thioether (sulfide) groups is 1. The van der Waals surface area contributed by atoms with Gasteiger partial charge >= 0.3 is 0 Å². The lowest BCUT2D eigenvalue weighted by molar-refractivity contribution is 0.453. The molecular weight excluding hydrogens is 212 g/mol. The maximum Gasteiger partial charge on any atom is 0.150 e. The summed E-state index contributed by atoms with van der Waals surface area (Å²) in [6.07, 6.45) is 5.07. The van der Waals surface area contributed by atoms with E-state index in [9.17, 15) is 0 Å². The molecule has 0 spiro atoms. The van der Waals surface area contributed by atoms with E-state index in [4.69, 9.17) is 5.73 Å². The minimum atomic E-state index is 0.373. The second-order valence-corrected chi connectivity index (χ2v) is 6.20. The Morgan fingerprint density at radius 2 is 2.29 bits per heavy atom. The largest absolute Gasteiger partial charge is 0.327 e. The maximum absolute atomic E-state index is 6.09. The van der Waals surface area contributed by atoms with Crippen molar-refractivity contribution in [1.29, 1.82) is 0 Å². The lowest BCUT2D eigenvalue weighted by Crippen LogP contribution is -2.35. The molecular formula is C10H16N2S2. The molecule has 2 unspecified atom stereocenters. The number of rotatable bonds is 2. The van der Waals surface area contributed by atoms with Crippen molar-refractivity contribution < 1.29 is 0 Å². The van der Waals surface area contributed by atoms with E-state index in [2.05, 4.69) is 10.4 Å². The molecule has 1 heterocycles. The Hall–Kier alpha value is -0.0600. The number of nitrogens with zero attached hydrogens (tertiary/aromatic N) is 1. The highest BCUT2D eigenvalue weighted by molar-refractivity contribution is 8.01. The van der Waals surface area contributed by atoms with Crippen LogP contribution in [0.3, 0.4) is 0 Å². The number of hydrogen-bond acceptors (Lipinski definition) is 4. The predicted molar refractivity (Wildman–Crippen MR) is 62.9 cm³/mol. The molecule has 4 heteroatoms. The normalized spacial score (nSPS) is 27.9. The number of thiazole rings is 1. The number of aromatic nitrogens is 1. The van der Waals surface area contributed by atoms with Crippen molar-refractivity contribution in [2.24, 2.45) is 5.73 Å². The van der Waals surface area contributed by atoms with E-state index < -0.39 is 0 Å². The molecule has 78 valence electrons. The van der Waals surface area contributed by atoms with Crippen LogP contribution in [-0.4, -0.2) is 16.3 Å². The molecule has 1 saturated carbocycles. The first-order valence-corrected chi connectivity index (χ1v) is 6.86. The highest BCUT2D eigenvalue weighted by Crippen LogP contribution is 2.34. The Bertz CT molecular complexity index is 298. The lowest BCUT2D eigenvalue weighted by atomic mass is 9.96. The van der Waals surface area contributed by atoms with Gasteiger partial charge in [0.15, 0.2) is 0 Å². The number of nitrogens with two attached hydrogens (primary N) is 1. The zero-order valence-corrected chi connectivity index (χ0v) is 10.0. The monoisotopic (exact) mass is 228 g/mol. The van der Waals surface area contributed by atoms with E-state index in [0.29, 0.717) is 11.3 Å². The molecule has 2 atom stereocenters. The van der Waals surface area contributed by atoms with Crippen molar-refractivity contribution in [3.8, 4) is 0 Å². The fraction of sp³-hybridized carbons (Fsp3) is 0.700. The van der Waals surface area contributed by atoms with Crippen molar-refractivity contribution in [2.75, 3.05) is 0 Å². The molecule has 0 bridgehead atoms. The van der Waals surface area contributed by atoms with Crippen LogP contribution in [-0.2, 0) is 0 Å². The molecule has 2 N–H and O–H groups in total. The van der Waals surface area contributed by atoms with Gasteiger partial charge in [0.2, 0.25) is 0 Å². The first-order valence-electron chi connectivity index (χ1n) is 5.10. The van der Waals surface area contributed by atoms with Crippen LogP contribution in [0.4, 0.5) is 0 Å². The van der Waals surface area contributed by atoms with Gasteiger partial charge in [-0.25, -0.2) is 4.98 Å². The molecule has 0 aromatic carbocycles. The molecule has 0 aliphatic heterocycles. The number of aryl methyl sites for hydroxylation is 1. The van der Waals surface area contributed by atoms with E-state index >= 15 is 0 Å². The van der Waals surface area contributed by atoms with Crippen molar-refractivity contribution in [3.63, 3.8) is 0 Å². The highest BCUT2D eigenvalue weighted by Gasteiger charge is 2.23. The SMILES string of the molecule is Cc1csc(SC2CCCCC2N)n1. The topological polar surface area (TPSA) is 38.9 Å². The Morgan fingerprint density at radius 3 is 2.93 bits per heavy atom. The molecule has 1 aliphatic rings. The summed E-state index contributed by atoms with van der Waals surface area (Å²) in [7, 11) is 0. The molecule has 1 aromatic heterocycles. The van der Waals surface area contributed by atoms with Gasteiger partial charge in [0, 0.05) is 22.4 Å². The first kappa shape index (κ1) is 10.5. The second-order valence-electron chi connectivity index (χ2n) is 3.86. The summed E-state index contributed by atoms with van der Waals surface area (Å²) in [5.41, 5.74) is 7.22. The lowest BCUT2D eigenvalue weighted by Gasteiger charge is -2.26. The van der Waals surface area contributed by atoms with Crippen molar-refractivity contribution in [3.05, 3.63) is 11.1 Å². The summed E-state index contributed by atoms with van der Waals surface area (Å²) in [6, 6.07) is 0.373. The third-order valence-electron chi connectivity index (χ3n) is 2.60. The minimum Gasteiger partial charge on any atom is -0.327 e. The molecule has 1 fully saturated rings. The number of hydrogen-bond donors (Lipinski definition) is 1. The molecule has 0 radical (unpaired) electrons. The summed E-state index contributed by atoms with van der Waals surface area (Å²) < 4.78 is 1.19. The molecule has 1 aliphatic carbocycles. The molecule has 14 heavy (non-hydrogen) atoms. The molecule has 2 rings (SSSR count). The van der Waals surface area contributed by atoms with Crippen molar-refractivity contribution in [1.82, 2.24) is 4.98 Å². The van der Waals surface area contributed by atoms with Crippen molar-refractivity contribution in [2.45, 2.75) is 48.2 Å². The summed E-state index contributed by atoms with van der Waals surface area (Å²) in [6.45, 7) is 2.04. The van der Waals surface area contributed by atoms with Crippen LogP contribution in [0.2, 0.25) is 0 Å². The van der Waals surface area contributed by atoms with Crippen molar-refractivity contribution >= 4 is 23.1 Å². The van der Waals surface area contributed by atoms with Crippen LogP contribution >= 0.6 is 23.1 Å². The Morgan fingerprint density at radius 1 is 1.50 bits per heavy atom. The van der Waals surface area contributed by atoms with Gasteiger partial charge in [0.25, 0.3) is 0 Å². The zero-order valence-electron chi connectivity index (χ0n) is 8.40. The first-order chi connectivity index (χ1) is 6.75. The van der Waals surface area contributed by atoms with Crippen LogP contribution < -0.4 is 5.73 Å². The van der Waals surface area contributed by atoms with Crippen LogP contribution in [0.1, 0.15) is 31.4 Å². The standard InChI is InChI=1S/C10H16N2S2/c1-7-6-13-10(12-7)14-9-5-3-2-4-8(9)11/h6,8-9H,2-5,11H2,1H3. The Kier molecular flexibility index (Phi) is 3.47.